The van der Waals surface area contributed by atoms with Gasteiger partial charge in [0, 0.05) is 12.6 Å². The standard InChI is InChI=1S/C15H17N3O3/c1-3-11-8-10(4-6-13(11)21-2)9-16-15(20)12-5-7-14(19)18-17-12/h4-8H,3,9H2,1-2H3,(H,16,20)(H,18,19). The summed E-state index contributed by atoms with van der Waals surface area (Å²) in [6.07, 6.45) is 0.854. The van der Waals surface area contributed by atoms with Crippen LogP contribution in [0.25, 0.3) is 0 Å². The van der Waals surface area contributed by atoms with E-state index in [0.717, 1.165) is 23.3 Å². The summed E-state index contributed by atoms with van der Waals surface area (Å²) in [5, 5.41) is 8.67. The summed E-state index contributed by atoms with van der Waals surface area (Å²) in [4.78, 5) is 22.8. The average molecular weight is 287 g/mol. The quantitative estimate of drug-likeness (QED) is 0.867. The molecule has 2 aromatic rings. The fraction of sp³-hybridized carbons (Fsp3) is 0.267. The fourth-order valence-electron chi connectivity index (χ4n) is 1.96. The molecule has 1 heterocycles. The molecule has 0 aliphatic rings. The van der Waals surface area contributed by atoms with Gasteiger partial charge in [0.25, 0.3) is 11.5 Å². The zero-order chi connectivity index (χ0) is 15.2. The molecule has 1 aromatic heterocycles. The molecule has 2 rings (SSSR count). The first kappa shape index (κ1) is 14.8. The van der Waals surface area contributed by atoms with Crippen LogP contribution in [-0.4, -0.2) is 23.2 Å². The number of ether oxygens (including phenoxy) is 1. The van der Waals surface area contributed by atoms with Gasteiger partial charge in [0.15, 0.2) is 0 Å². The van der Waals surface area contributed by atoms with Crippen LogP contribution < -0.4 is 15.6 Å². The number of benzene rings is 1. The van der Waals surface area contributed by atoms with Crippen LogP contribution in [0.2, 0.25) is 0 Å². The van der Waals surface area contributed by atoms with E-state index in [4.69, 9.17) is 4.74 Å². The summed E-state index contributed by atoms with van der Waals surface area (Å²) in [6.45, 7) is 2.43. The highest BCUT2D eigenvalue weighted by molar-refractivity contribution is 5.91. The third-order valence-corrected chi connectivity index (χ3v) is 3.09. The van der Waals surface area contributed by atoms with Crippen molar-refractivity contribution in [2.24, 2.45) is 0 Å². The monoisotopic (exact) mass is 287 g/mol. The highest BCUT2D eigenvalue weighted by Gasteiger charge is 2.08. The van der Waals surface area contributed by atoms with Gasteiger partial charge < -0.3 is 10.1 Å². The first-order valence-corrected chi connectivity index (χ1v) is 6.63. The van der Waals surface area contributed by atoms with E-state index >= 15 is 0 Å². The lowest BCUT2D eigenvalue weighted by molar-refractivity contribution is 0.0945. The van der Waals surface area contributed by atoms with Gasteiger partial charge in [0.2, 0.25) is 0 Å². The van der Waals surface area contributed by atoms with Crippen molar-refractivity contribution in [1.29, 1.82) is 0 Å². The van der Waals surface area contributed by atoms with E-state index in [1.165, 1.54) is 12.1 Å². The smallest absolute Gasteiger partial charge is 0.271 e. The second-order valence-electron chi connectivity index (χ2n) is 4.49. The minimum absolute atomic E-state index is 0.179. The van der Waals surface area contributed by atoms with Gasteiger partial charge >= 0.3 is 0 Å². The van der Waals surface area contributed by atoms with Crippen molar-refractivity contribution in [1.82, 2.24) is 15.5 Å². The van der Waals surface area contributed by atoms with Gasteiger partial charge in [-0.25, -0.2) is 5.10 Å². The van der Waals surface area contributed by atoms with Crippen molar-refractivity contribution < 1.29 is 9.53 Å². The molecule has 6 nitrogen and oxygen atoms in total. The number of hydrogen-bond donors (Lipinski definition) is 2. The maximum atomic E-state index is 11.9. The van der Waals surface area contributed by atoms with Gasteiger partial charge in [0.1, 0.15) is 11.4 Å². The van der Waals surface area contributed by atoms with Gasteiger partial charge in [-0.1, -0.05) is 19.1 Å². The molecule has 1 aromatic carbocycles. The summed E-state index contributed by atoms with van der Waals surface area (Å²) < 4.78 is 5.27. The van der Waals surface area contributed by atoms with E-state index in [1.54, 1.807) is 7.11 Å². The van der Waals surface area contributed by atoms with Gasteiger partial charge in [-0.3, -0.25) is 9.59 Å². The number of methoxy groups -OCH3 is 1. The van der Waals surface area contributed by atoms with Crippen molar-refractivity contribution in [3.63, 3.8) is 0 Å². The van der Waals surface area contributed by atoms with E-state index in [-0.39, 0.29) is 17.2 Å². The second-order valence-corrected chi connectivity index (χ2v) is 4.49. The summed E-state index contributed by atoms with van der Waals surface area (Å²) in [5.41, 5.74) is 1.91. The lowest BCUT2D eigenvalue weighted by Gasteiger charge is -2.10. The lowest BCUT2D eigenvalue weighted by Crippen LogP contribution is -2.25. The van der Waals surface area contributed by atoms with Crippen LogP contribution in [-0.2, 0) is 13.0 Å². The molecule has 1 amide bonds. The zero-order valence-electron chi connectivity index (χ0n) is 12.0. The second kappa shape index (κ2) is 6.69. The number of nitrogens with zero attached hydrogens (tertiary/aromatic N) is 1. The Balaban J connectivity index is 2.04. The van der Waals surface area contributed by atoms with Crippen LogP contribution in [0.3, 0.4) is 0 Å². The first-order valence-electron chi connectivity index (χ1n) is 6.63. The van der Waals surface area contributed by atoms with Gasteiger partial charge in [-0.2, -0.15) is 5.10 Å². The van der Waals surface area contributed by atoms with E-state index in [1.807, 2.05) is 25.1 Å². The molecular weight excluding hydrogens is 270 g/mol. The van der Waals surface area contributed by atoms with E-state index in [0.29, 0.717) is 6.54 Å². The van der Waals surface area contributed by atoms with Crippen LogP contribution in [0.4, 0.5) is 0 Å². The maximum Gasteiger partial charge on any atom is 0.271 e. The molecule has 2 N–H and O–H groups in total. The Hall–Kier alpha value is -2.63. The van der Waals surface area contributed by atoms with Crippen LogP contribution in [0.15, 0.2) is 35.1 Å². The number of carbonyl (C=O) groups is 1. The summed E-state index contributed by atoms with van der Waals surface area (Å²) >= 11 is 0. The largest absolute Gasteiger partial charge is 0.496 e. The Labute approximate surface area is 122 Å². The topological polar surface area (TPSA) is 84.1 Å². The average Bonchev–Trinajstić information content (AvgIpc) is 2.52. The molecule has 110 valence electrons. The number of carbonyl (C=O) groups excluding carboxylic acids is 1. The van der Waals surface area contributed by atoms with Crippen LogP contribution >= 0.6 is 0 Å². The predicted octanol–water partition coefficient (Wildman–Crippen LogP) is 1.27. The van der Waals surface area contributed by atoms with Gasteiger partial charge in [-0.05, 0) is 29.7 Å². The Bertz CT molecular complexity index is 674. The lowest BCUT2D eigenvalue weighted by atomic mass is 10.1. The molecule has 0 spiro atoms. The SMILES string of the molecule is CCc1cc(CNC(=O)c2ccc(=O)[nH]n2)ccc1OC. The number of amides is 1. The number of H-pyrrole nitrogens is 1. The maximum absolute atomic E-state index is 11.9. The summed E-state index contributed by atoms with van der Waals surface area (Å²) in [7, 11) is 1.64. The number of aromatic amines is 1. The molecule has 0 saturated heterocycles. The normalized spacial score (nSPS) is 10.2. The van der Waals surface area contributed by atoms with Crippen molar-refractivity contribution >= 4 is 5.91 Å². The van der Waals surface area contributed by atoms with E-state index < -0.39 is 0 Å². The van der Waals surface area contributed by atoms with Gasteiger partial charge in [-0.15, -0.1) is 0 Å². The minimum Gasteiger partial charge on any atom is -0.496 e. The van der Waals surface area contributed by atoms with Crippen molar-refractivity contribution in [2.75, 3.05) is 7.11 Å². The van der Waals surface area contributed by atoms with E-state index in [9.17, 15) is 9.59 Å². The van der Waals surface area contributed by atoms with Crippen LogP contribution in [0.1, 0.15) is 28.5 Å². The van der Waals surface area contributed by atoms with Crippen molar-refractivity contribution in [2.45, 2.75) is 19.9 Å². The Morgan fingerprint density at radius 3 is 2.76 bits per heavy atom. The van der Waals surface area contributed by atoms with Crippen molar-refractivity contribution in [3.05, 3.63) is 57.5 Å². The number of hydrogen-bond acceptors (Lipinski definition) is 4. The number of aryl methyl sites for hydroxylation is 1. The molecule has 0 atom stereocenters. The molecular formula is C15H17N3O3. The number of rotatable bonds is 5. The Morgan fingerprint density at radius 1 is 1.33 bits per heavy atom. The predicted molar refractivity (Wildman–Crippen MR) is 78.4 cm³/mol. The van der Waals surface area contributed by atoms with Crippen LogP contribution in [0, 0.1) is 0 Å². The van der Waals surface area contributed by atoms with E-state index in [2.05, 4.69) is 15.5 Å². The van der Waals surface area contributed by atoms with Crippen molar-refractivity contribution in [3.8, 4) is 5.75 Å². The minimum atomic E-state index is -0.339. The summed E-state index contributed by atoms with van der Waals surface area (Å²) in [6, 6.07) is 8.45. The molecule has 0 aliphatic carbocycles. The first-order chi connectivity index (χ1) is 10.1. The zero-order valence-corrected chi connectivity index (χ0v) is 12.0. The molecule has 0 fully saturated rings. The molecule has 0 unspecified atom stereocenters. The molecule has 0 bridgehead atoms. The highest BCUT2D eigenvalue weighted by Crippen LogP contribution is 2.20. The Morgan fingerprint density at radius 2 is 2.14 bits per heavy atom. The molecule has 0 radical (unpaired) electrons. The molecule has 21 heavy (non-hydrogen) atoms. The number of aromatic nitrogens is 2. The van der Waals surface area contributed by atoms with Crippen LogP contribution in [0.5, 0.6) is 5.75 Å². The fourth-order valence-corrected chi connectivity index (χ4v) is 1.96. The molecule has 6 heteroatoms. The molecule has 0 aliphatic heterocycles. The highest BCUT2D eigenvalue weighted by atomic mass is 16.5. The Kier molecular flexibility index (Phi) is 4.71. The number of nitrogens with one attached hydrogen (secondary N) is 2. The van der Waals surface area contributed by atoms with Gasteiger partial charge in [0.05, 0.1) is 7.11 Å². The third kappa shape index (κ3) is 3.68. The summed E-state index contributed by atoms with van der Waals surface area (Å²) in [5.74, 6) is 0.509. The molecule has 0 saturated carbocycles. The third-order valence-electron chi connectivity index (χ3n) is 3.09.